The number of rotatable bonds is 7. The second kappa shape index (κ2) is 10.4. The molecule has 1 saturated heterocycles. The zero-order valence-electron chi connectivity index (χ0n) is 16.6. The number of amides is 2. The zero-order valence-corrected chi connectivity index (χ0v) is 17.4. The summed E-state index contributed by atoms with van der Waals surface area (Å²) in [4.78, 5) is 32.0. The summed E-state index contributed by atoms with van der Waals surface area (Å²) in [5.74, 6) is -0.398. The maximum Gasteiger partial charge on any atom is 0.251 e. The minimum Gasteiger partial charge on any atom is -0.350 e. The standard InChI is InChI=1S/C21H24F2N4O2S/c1-15(28)27(18-5-3-2-4-6-18)21-25-17(14-30-21)7-8-20(29)24-16-9-11-26(12-10-16)13-19(22)23/h2-8,14,16,19H,9-13H2,1H3,(H,24,29)/b8-7+. The van der Waals surface area contributed by atoms with E-state index in [2.05, 4.69) is 10.3 Å². The number of thiazole rings is 1. The number of alkyl halides is 2. The molecule has 0 spiro atoms. The minimum absolute atomic E-state index is 0.0200. The number of piperidine rings is 1. The van der Waals surface area contributed by atoms with Gasteiger partial charge in [0, 0.05) is 37.5 Å². The number of carbonyl (C=O) groups is 2. The molecular weight excluding hydrogens is 410 g/mol. The number of hydrogen-bond donors (Lipinski definition) is 1. The smallest absolute Gasteiger partial charge is 0.251 e. The molecule has 1 aromatic carbocycles. The van der Waals surface area contributed by atoms with E-state index in [4.69, 9.17) is 0 Å². The molecule has 1 N–H and O–H groups in total. The van der Waals surface area contributed by atoms with Crippen LogP contribution in [0.3, 0.4) is 0 Å². The van der Waals surface area contributed by atoms with E-state index in [-0.39, 0.29) is 24.4 Å². The topological polar surface area (TPSA) is 65.5 Å². The van der Waals surface area contributed by atoms with Crippen molar-refractivity contribution in [3.8, 4) is 0 Å². The van der Waals surface area contributed by atoms with Crippen LogP contribution in [0.4, 0.5) is 19.6 Å². The molecule has 0 bridgehead atoms. The Morgan fingerprint density at radius 3 is 2.63 bits per heavy atom. The van der Waals surface area contributed by atoms with Crippen LogP contribution in [0.5, 0.6) is 0 Å². The monoisotopic (exact) mass is 434 g/mol. The van der Waals surface area contributed by atoms with Gasteiger partial charge in [-0.05, 0) is 31.1 Å². The fraction of sp³-hybridized carbons (Fsp3) is 0.381. The third-order valence-corrected chi connectivity index (χ3v) is 5.61. The van der Waals surface area contributed by atoms with Gasteiger partial charge in [-0.1, -0.05) is 18.2 Å². The van der Waals surface area contributed by atoms with Gasteiger partial charge in [0.15, 0.2) is 5.13 Å². The van der Waals surface area contributed by atoms with Crippen LogP contribution in [-0.2, 0) is 9.59 Å². The van der Waals surface area contributed by atoms with Gasteiger partial charge in [-0.25, -0.2) is 13.8 Å². The average Bonchev–Trinajstić information content (AvgIpc) is 3.16. The van der Waals surface area contributed by atoms with Crippen molar-refractivity contribution >= 4 is 40.0 Å². The molecular formula is C21H24F2N4O2S. The number of nitrogens with one attached hydrogen (secondary N) is 1. The largest absolute Gasteiger partial charge is 0.350 e. The molecule has 1 aliphatic heterocycles. The van der Waals surface area contributed by atoms with Crippen LogP contribution >= 0.6 is 11.3 Å². The molecule has 0 aliphatic carbocycles. The number of anilines is 2. The Labute approximate surface area is 178 Å². The Morgan fingerprint density at radius 2 is 2.00 bits per heavy atom. The van der Waals surface area contributed by atoms with Crippen molar-refractivity contribution in [2.75, 3.05) is 24.5 Å². The molecule has 1 aliphatic rings. The molecule has 160 valence electrons. The number of para-hydroxylation sites is 1. The normalized spacial score (nSPS) is 15.6. The van der Waals surface area contributed by atoms with Crippen LogP contribution in [0.15, 0.2) is 41.8 Å². The predicted octanol–water partition coefficient (Wildman–Crippen LogP) is 3.69. The molecule has 0 unspecified atom stereocenters. The van der Waals surface area contributed by atoms with Crippen LogP contribution in [0, 0.1) is 0 Å². The van der Waals surface area contributed by atoms with Crippen molar-refractivity contribution in [3.63, 3.8) is 0 Å². The maximum atomic E-state index is 12.4. The average molecular weight is 435 g/mol. The van der Waals surface area contributed by atoms with Gasteiger partial charge in [0.2, 0.25) is 11.8 Å². The molecule has 6 nitrogen and oxygen atoms in total. The van der Waals surface area contributed by atoms with Gasteiger partial charge in [-0.3, -0.25) is 19.4 Å². The van der Waals surface area contributed by atoms with Crippen molar-refractivity contribution in [2.24, 2.45) is 0 Å². The van der Waals surface area contributed by atoms with Gasteiger partial charge in [0.05, 0.1) is 17.9 Å². The van der Waals surface area contributed by atoms with Crippen LogP contribution in [-0.4, -0.2) is 53.8 Å². The maximum absolute atomic E-state index is 12.4. The number of aromatic nitrogens is 1. The first-order valence-corrected chi connectivity index (χ1v) is 10.6. The van der Waals surface area contributed by atoms with Crippen molar-refractivity contribution in [1.29, 1.82) is 0 Å². The highest BCUT2D eigenvalue weighted by molar-refractivity contribution is 7.14. The van der Waals surface area contributed by atoms with Crippen molar-refractivity contribution < 1.29 is 18.4 Å². The summed E-state index contributed by atoms with van der Waals surface area (Å²) in [5, 5.41) is 5.21. The number of benzene rings is 1. The van der Waals surface area contributed by atoms with E-state index in [1.165, 1.54) is 29.2 Å². The van der Waals surface area contributed by atoms with Crippen molar-refractivity contribution in [2.45, 2.75) is 32.2 Å². The number of halogens is 2. The van der Waals surface area contributed by atoms with Crippen LogP contribution in [0.1, 0.15) is 25.5 Å². The summed E-state index contributed by atoms with van der Waals surface area (Å²) in [6.07, 6.45) is 1.98. The molecule has 0 radical (unpaired) electrons. The summed E-state index contributed by atoms with van der Waals surface area (Å²) in [6, 6.07) is 9.22. The van der Waals surface area contributed by atoms with E-state index >= 15 is 0 Å². The molecule has 1 fully saturated rings. The van der Waals surface area contributed by atoms with Gasteiger partial charge < -0.3 is 5.32 Å². The predicted molar refractivity (Wildman–Crippen MR) is 114 cm³/mol. The number of carbonyl (C=O) groups excluding carboxylic acids is 2. The first-order chi connectivity index (χ1) is 14.4. The summed E-state index contributed by atoms with van der Waals surface area (Å²) < 4.78 is 24.9. The Bertz CT molecular complexity index is 880. The fourth-order valence-electron chi connectivity index (χ4n) is 3.32. The molecule has 30 heavy (non-hydrogen) atoms. The van der Waals surface area contributed by atoms with Crippen LogP contribution in [0.2, 0.25) is 0 Å². The number of likely N-dealkylation sites (tertiary alicyclic amines) is 1. The third-order valence-electron chi connectivity index (χ3n) is 4.77. The Balaban J connectivity index is 1.55. The van der Waals surface area contributed by atoms with Gasteiger partial charge in [0.25, 0.3) is 6.43 Å². The zero-order chi connectivity index (χ0) is 21.5. The highest BCUT2D eigenvalue weighted by Gasteiger charge is 2.22. The van der Waals surface area contributed by atoms with Gasteiger partial charge in [-0.2, -0.15) is 0 Å². The third kappa shape index (κ3) is 6.17. The summed E-state index contributed by atoms with van der Waals surface area (Å²) in [6.45, 7) is 2.36. The Hall–Kier alpha value is -2.65. The van der Waals surface area contributed by atoms with Gasteiger partial charge in [0.1, 0.15) is 0 Å². The number of hydrogen-bond acceptors (Lipinski definition) is 5. The molecule has 2 amide bonds. The minimum atomic E-state index is -2.33. The second-order valence-electron chi connectivity index (χ2n) is 7.05. The van der Waals surface area contributed by atoms with E-state index in [1.807, 2.05) is 30.3 Å². The number of nitrogens with zero attached hydrogens (tertiary/aromatic N) is 3. The SMILES string of the molecule is CC(=O)N(c1ccccc1)c1nc(/C=C/C(=O)NC2CCN(CC(F)F)CC2)cs1. The molecule has 9 heteroatoms. The lowest BCUT2D eigenvalue weighted by Gasteiger charge is -2.31. The first-order valence-electron chi connectivity index (χ1n) is 9.72. The van der Waals surface area contributed by atoms with Crippen LogP contribution < -0.4 is 10.2 Å². The van der Waals surface area contributed by atoms with E-state index in [1.54, 1.807) is 16.4 Å². The molecule has 0 atom stereocenters. The molecule has 0 saturated carbocycles. The lowest BCUT2D eigenvalue weighted by atomic mass is 10.1. The van der Waals surface area contributed by atoms with E-state index < -0.39 is 6.43 Å². The highest BCUT2D eigenvalue weighted by atomic mass is 32.1. The van der Waals surface area contributed by atoms with Gasteiger partial charge in [-0.15, -0.1) is 11.3 Å². The summed E-state index contributed by atoms with van der Waals surface area (Å²) in [7, 11) is 0. The van der Waals surface area contributed by atoms with Crippen LogP contribution in [0.25, 0.3) is 6.08 Å². The fourth-order valence-corrected chi connectivity index (χ4v) is 4.18. The summed E-state index contributed by atoms with van der Waals surface area (Å²) >= 11 is 1.32. The van der Waals surface area contributed by atoms with E-state index in [0.29, 0.717) is 36.8 Å². The van der Waals surface area contributed by atoms with Crippen molar-refractivity contribution in [1.82, 2.24) is 15.2 Å². The quantitative estimate of drug-likeness (QED) is 0.675. The van der Waals surface area contributed by atoms with Gasteiger partial charge >= 0.3 is 0 Å². The summed E-state index contributed by atoms with van der Waals surface area (Å²) in [5.41, 5.74) is 1.31. The highest BCUT2D eigenvalue weighted by Crippen LogP contribution is 2.29. The van der Waals surface area contributed by atoms with Crippen molar-refractivity contribution in [3.05, 3.63) is 47.5 Å². The lowest BCUT2D eigenvalue weighted by Crippen LogP contribution is -2.45. The lowest BCUT2D eigenvalue weighted by molar-refractivity contribution is -0.117. The molecule has 3 rings (SSSR count). The molecule has 2 aromatic rings. The second-order valence-corrected chi connectivity index (χ2v) is 7.89. The Kier molecular flexibility index (Phi) is 7.64. The van der Waals surface area contributed by atoms with E-state index in [9.17, 15) is 18.4 Å². The first kappa shape index (κ1) is 22.0. The Morgan fingerprint density at radius 1 is 1.30 bits per heavy atom. The molecule has 1 aromatic heterocycles. The molecule has 2 heterocycles. The van der Waals surface area contributed by atoms with E-state index in [0.717, 1.165) is 5.69 Å².